The Morgan fingerprint density at radius 2 is 1.79 bits per heavy atom. The maximum Gasteiger partial charge on any atom is 0.272 e. The summed E-state index contributed by atoms with van der Waals surface area (Å²) in [5, 5.41) is 1.25. The van der Waals surface area contributed by atoms with Crippen LogP contribution < -0.4 is 0 Å². The number of sulfonamides is 1. The highest BCUT2D eigenvalue weighted by molar-refractivity contribution is 7.89. The Balaban J connectivity index is 1.54. The summed E-state index contributed by atoms with van der Waals surface area (Å²) in [5.74, 6) is -0.192. The quantitative estimate of drug-likeness (QED) is 0.654. The van der Waals surface area contributed by atoms with Crippen LogP contribution in [0.5, 0.6) is 0 Å². The minimum atomic E-state index is -3.61. The Morgan fingerprint density at radius 1 is 1.07 bits per heavy atom. The van der Waals surface area contributed by atoms with Crippen molar-refractivity contribution in [2.24, 2.45) is 7.05 Å². The van der Waals surface area contributed by atoms with Gasteiger partial charge in [-0.2, -0.15) is 4.31 Å². The first-order chi connectivity index (χ1) is 13.4. The molecule has 9 heteroatoms. The monoisotopic (exact) mass is 418 g/mol. The minimum absolute atomic E-state index is 0.159. The third-order valence-electron chi connectivity index (χ3n) is 5.05. The second-order valence-electron chi connectivity index (χ2n) is 6.62. The van der Waals surface area contributed by atoms with E-state index in [1.54, 1.807) is 15.5 Å². The first kappa shape index (κ1) is 18.9. The number of piperazine rings is 1. The molecule has 0 unspecified atom stereocenters. The molecule has 0 bridgehead atoms. The first-order valence-corrected chi connectivity index (χ1v) is 10.7. The molecule has 1 aromatic carbocycles. The number of hydrogen-bond donors (Lipinski definition) is 0. The number of nitrogens with zero attached hydrogens (tertiary/aromatic N) is 4. The lowest BCUT2D eigenvalue weighted by atomic mass is 10.2. The fraction of sp³-hybridized carbons (Fsp3) is 0.263. The van der Waals surface area contributed by atoms with Crippen LogP contribution in [0, 0.1) is 0 Å². The summed E-state index contributed by atoms with van der Waals surface area (Å²) >= 11 is 6.48. The number of rotatable bonds is 3. The van der Waals surface area contributed by atoms with Crippen LogP contribution in [0.25, 0.3) is 10.9 Å². The van der Waals surface area contributed by atoms with E-state index in [1.165, 1.54) is 22.8 Å². The maximum absolute atomic E-state index is 13.1. The van der Waals surface area contributed by atoms with Crippen LogP contribution in [0.15, 0.2) is 53.7 Å². The van der Waals surface area contributed by atoms with Crippen LogP contribution in [0.4, 0.5) is 0 Å². The minimum Gasteiger partial charge on any atom is -0.338 e. The second kappa shape index (κ2) is 7.20. The van der Waals surface area contributed by atoms with E-state index >= 15 is 0 Å². The molecule has 0 N–H and O–H groups in total. The summed E-state index contributed by atoms with van der Waals surface area (Å²) in [6.45, 7) is 1.06. The van der Waals surface area contributed by atoms with Gasteiger partial charge in [-0.05, 0) is 18.2 Å². The molecule has 1 fully saturated rings. The van der Waals surface area contributed by atoms with Gasteiger partial charge in [0.15, 0.2) is 0 Å². The van der Waals surface area contributed by atoms with Gasteiger partial charge >= 0.3 is 0 Å². The van der Waals surface area contributed by atoms with Crippen LogP contribution >= 0.6 is 11.6 Å². The fourth-order valence-electron chi connectivity index (χ4n) is 3.51. The lowest BCUT2D eigenvalue weighted by Crippen LogP contribution is -2.50. The van der Waals surface area contributed by atoms with Gasteiger partial charge in [0, 0.05) is 56.5 Å². The third-order valence-corrected chi connectivity index (χ3v) is 7.31. The van der Waals surface area contributed by atoms with E-state index in [2.05, 4.69) is 4.98 Å². The number of carbonyl (C=O) groups excluding carboxylic acids is 1. The van der Waals surface area contributed by atoms with Gasteiger partial charge in [0.05, 0.1) is 5.02 Å². The summed E-state index contributed by atoms with van der Waals surface area (Å²) in [7, 11) is -1.80. The number of aromatic nitrogens is 2. The average Bonchev–Trinajstić information content (AvgIpc) is 2.99. The molecule has 3 heterocycles. The van der Waals surface area contributed by atoms with Gasteiger partial charge in [-0.1, -0.05) is 29.8 Å². The van der Waals surface area contributed by atoms with Crippen molar-refractivity contribution in [3.63, 3.8) is 0 Å². The molecule has 0 spiro atoms. The predicted molar refractivity (Wildman–Crippen MR) is 107 cm³/mol. The zero-order valence-corrected chi connectivity index (χ0v) is 16.8. The number of aryl methyl sites for hydroxylation is 1. The normalized spacial score (nSPS) is 15.9. The van der Waals surface area contributed by atoms with Crippen molar-refractivity contribution in [2.45, 2.75) is 4.90 Å². The van der Waals surface area contributed by atoms with E-state index in [-0.39, 0.29) is 23.9 Å². The molecule has 7 nitrogen and oxygen atoms in total. The maximum atomic E-state index is 13.1. The number of halogens is 1. The van der Waals surface area contributed by atoms with Gasteiger partial charge < -0.3 is 9.47 Å². The molecule has 146 valence electrons. The zero-order chi connectivity index (χ0) is 19.9. The van der Waals surface area contributed by atoms with Crippen LogP contribution in [0.2, 0.25) is 5.02 Å². The van der Waals surface area contributed by atoms with E-state index in [0.717, 1.165) is 10.9 Å². The number of carbonyl (C=O) groups is 1. The van der Waals surface area contributed by atoms with Crippen LogP contribution in [-0.2, 0) is 17.1 Å². The highest BCUT2D eigenvalue weighted by atomic mass is 35.5. The lowest BCUT2D eigenvalue weighted by molar-refractivity contribution is 0.0689. The first-order valence-electron chi connectivity index (χ1n) is 8.83. The molecule has 1 aliphatic rings. The number of para-hydroxylation sites is 1. The van der Waals surface area contributed by atoms with E-state index in [9.17, 15) is 13.2 Å². The standard InChI is InChI=1S/C19H19ClN4O3S/c1-22-16-7-3-2-6-15(16)17(20)18(22)19(25)23-9-11-24(12-10-23)28(26,27)14-5-4-8-21-13-14/h2-8,13H,9-12H2,1H3. The molecule has 4 rings (SSSR count). The van der Waals surface area contributed by atoms with Crippen LogP contribution in [0.1, 0.15) is 10.5 Å². The Morgan fingerprint density at radius 3 is 2.43 bits per heavy atom. The Labute approximate surface area is 168 Å². The highest BCUT2D eigenvalue weighted by Crippen LogP contribution is 2.31. The molecule has 1 saturated heterocycles. The Hall–Kier alpha value is -2.42. The molecule has 2 aromatic heterocycles. The van der Waals surface area contributed by atoms with Crippen molar-refractivity contribution >= 4 is 38.4 Å². The van der Waals surface area contributed by atoms with Gasteiger partial charge in [-0.25, -0.2) is 8.42 Å². The van der Waals surface area contributed by atoms with Gasteiger partial charge in [0.2, 0.25) is 10.0 Å². The largest absolute Gasteiger partial charge is 0.338 e. The highest BCUT2D eigenvalue weighted by Gasteiger charge is 2.32. The van der Waals surface area contributed by atoms with E-state index < -0.39 is 10.0 Å². The van der Waals surface area contributed by atoms with E-state index in [1.807, 2.05) is 31.3 Å². The Bertz CT molecular complexity index is 1100. The van der Waals surface area contributed by atoms with Crippen molar-refractivity contribution in [3.8, 4) is 0 Å². The van der Waals surface area contributed by atoms with E-state index in [0.29, 0.717) is 23.8 Å². The predicted octanol–water partition coefficient (Wildman–Crippen LogP) is 2.37. The SMILES string of the molecule is Cn1c(C(=O)N2CCN(S(=O)(=O)c3cccnc3)CC2)c(Cl)c2ccccc21. The summed E-state index contributed by atoms with van der Waals surface area (Å²) in [4.78, 5) is 18.8. The molecule has 3 aromatic rings. The molecule has 0 aliphatic carbocycles. The molecule has 0 atom stereocenters. The van der Waals surface area contributed by atoms with Crippen molar-refractivity contribution in [2.75, 3.05) is 26.2 Å². The summed E-state index contributed by atoms with van der Waals surface area (Å²) < 4.78 is 28.6. The lowest BCUT2D eigenvalue weighted by Gasteiger charge is -2.34. The van der Waals surface area contributed by atoms with Crippen molar-refractivity contribution < 1.29 is 13.2 Å². The number of fused-ring (bicyclic) bond motifs is 1. The van der Waals surface area contributed by atoms with Gasteiger partial charge in [0.1, 0.15) is 10.6 Å². The van der Waals surface area contributed by atoms with Gasteiger partial charge in [-0.3, -0.25) is 9.78 Å². The van der Waals surface area contributed by atoms with Crippen LogP contribution in [0.3, 0.4) is 0 Å². The number of benzene rings is 1. The van der Waals surface area contributed by atoms with Gasteiger partial charge in [-0.15, -0.1) is 0 Å². The number of pyridine rings is 1. The average molecular weight is 419 g/mol. The topological polar surface area (TPSA) is 75.5 Å². The zero-order valence-electron chi connectivity index (χ0n) is 15.2. The van der Waals surface area contributed by atoms with Crippen molar-refractivity contribution in [1.82, 2.24) is 18.8 Å². The summed E-state index contributed by atoms with van der Waals surface area (Å²) in [5.41, 5.74) is 1.31. The molecule has 0 radical (unpaired) electrons. The molecular formula is C19H19ClN4O3S. The smallest absolute Gasteiger partial charge is 0.272 e. The van der Waals surface area contributed by atoms with Crippen LogP contribution in [-0.4, -0.2) is 59.3 Å². The van der Waals surface area contributed by atoms with Crippen molar-refractivity contribution in [3.05, 3.63) is 59.5 Å². The van der Waals surface area contributed by atoms with E-state index in [4.69, 9.17) is 11.6 Å². The van der Waals surface area contributed by atoms with Gasteiger partial charge in [0.25, 0.3) is 5.91 Å². The molecule has 0 saturated carbocycles. The molecular weight excluding hydrogens is 400 g/mol. The summed E-state index contributed by atoms with van der Waals surface area (Å²) in [6.07, 6.45) is 2.87. The Kier molecular flexibility index (Phi) is 4.86. The number of amides is 1. The number of hydrogen-bond acceptors (Lipinski definition) is 4. The molecule has 28 heavy (non-hydrogen) atoms. The molecule has 1 aliphatic heterocycles. The third kappa shape index (κ3) is 3.07. The fourth-order valence-corrected chi connectivity index (χ4v) is 5.27. The second-order valence-corrected chi connectivity index (χ2v) is 8.94. The van der Waals surface area contributed by atoms with Crippen molar-refractivity contribution in [1.29, 1.82) is 0 Å². The summed E-state index contributed by atoms with van der Waals surface area (Å²) in [6, 6.07) is 10.7. The molecule has 1 amide bonds.